The van der Waals surface area contributed by atoms with E-state index in [9.17, 15) is 9.50 Å². The summed E-state index contributed by atoms with van der Waals surface area (Å²) in [6.45, 7) is 8.73. The quantitative estimate of drug-likeness (QED) is 0.885. The molecule has 0 radical (unpaired) electrons. The third-order valence-electron chi connectivity index (χ3n) is 4.96. The van der Waals surface area contributed by atoms with E-state index in [1.54, 1.807) is 6.07 Å². The topological polar surface area (TPSA) is 23.5 Å². The summed E-state index contributed by atoms with van der Waals surface area (Å²) >= 11 is 0. The molecule has 1 saturated heterocycles. The van der Waals surface area contributed by atoms with Crippen molar-refractivity contribution in [2.75, 3.05) is 13.1 Å². The van der Waals surface area contributed by atoms with Crippen molar-refractivity contribution < 1.29 is 9.50 Å². The Morgan fingerprint density at radius 2 is 2.05 bits per heavy atom. The van der Waals surface area contributed by atoms with Crippen molar-refractivity contribution in [3.8, 4) is 5.75 Å². The minimum absolute atomic E-state index is 0.0676. The number of phenols is 1. The van der Waals surface area contributed by atoms with Crippen LogP contribution in [0.2, 0.25) is 0 Å². The Kier molecular flexibility index (Phi) is 4.14. The molecular weight excluding hydrogens is 241 g/mol. The molecule has 0 saturated carbocycles. The molecule has 1 aliphatic rings. The highest BCUT2D eigenvalue weighted by atomic mass is 19.1. The van der Waals surface area contributed by atoms with Crippen LogP contribution in [0.25, 0.3) is 0 Å². The fourth-order valence-electron chi connectivity index (χ4n) is 3.19. The third kappa shape index (κ3) is 2.76. The first-order valence-electron chi connectivity index (χ1n) is 7.24. The van der Waals surface area contributed by atoms with Crippen molar-refractivity contribution in [2.24, 2.45) is 5.41 Å². The molecule has 1 unspecified atom stereocenters. The van der Waals surface area contributed by atoms with Crippen molar-refractivity contribution in [3.05, 3.63) is 29.6 Å². The second-order valence-corrected chi connectivity index (χ2v) is 5.81. The molecule has 1 N–H and O–H groups in total. The normalized spacial score (nSPS) is 20.6. The average Bonchev–Trinajstić information content (AvgIpc) is 2.83. The Bertz CT molecular complexity index is 442. The van der Waals surface area contributed by atoms with Crippen LogP contribution in [0.1, 0.15) is 51.6 Å². The number of aromatic hydroxyl groups is 1. The van der Waals surface area contributed by atoms with Crippen LogP contribution in [-0.2, 0) is 0 Å². The molecule has 1 aromatic rings. The van der Waals surface area contributed by atoms with Gasteiger partial charge in [0, 0.05) is 24.2 Å². The van der Waals surface area contributed by atoms with Crippen molar-refractivity contribution in [1.29, 1.82) is 0 Å². The van der Waals surface area contributed by atoms with Crippen LogP contribution in [0.15, 0.2) is 18.2 Å². The summed E-state index contributed by atoms with van der Waals surface area (Å²) in [5.74, 6) is -0.315. The number of nitrogens with zero attached hydrogens (tertiary/aromatic N) is 1. The second-order valence-electron chi connectivity index (χ2n) is 5.81. The van der Waals surface area contributed by atoms with E-state index in [2.05, 4.69) is 25.7 Å². The standard InChI is InChI=1S/C16H24FNO/c1-4-16(5-2)8-9-18(11-16)12(3)14-7-6-13(17)10-15(14)19/h6-7,10,12,19H,4-5,8-9,11H2,1-3H3. The Hall–Kier alpha value is -1.09. The Morgan fingerprint density at radius 3 is 2.58 bits per heavy atom. The van der Waals surface area contributed by atoms with Crippen LogP contribution >= 0.6 is 0 Å². The van der Waals surface area contributed by atoms with Gasteiger partial charge in [0.05, 0.1) is 0 Å². The largest absolute Gasteiger partial charge is 0.508 e. The fraction of sp³-hybridized carbons (Fsp3) is 0.625. The maximum atomic E-state index is 13.0. The number of rotatable bonds is 4. The predicted molar refractivity (Wildman–Crippen MR) is 75.7 cm³/mol. The van der Waals surface area contributed by atoms with Gasteiger partial charge in [0.2, 0.25) is 0 Å². The average molecular weight is 265 g/mol. The lowest BCUT2D eigenvalue weighted by Crippen LogP contribution is -2.28. The van der Waals surface area contributed by atoms with E-state index in [-0.39, 0.29) is 17.6 Å². The molecule has 0 spiro atoms. The molecule has 0 amide bonds. The zero-order chi connectivity index (χ0) is 14.0. The van der Waals surface area contributed by atoms with E-state index in [1.165, 1.54) is 31.4 Å². The molecule has 1 heterocycles. The smallest absolute Gasteiger partial charge is 0.126 e. The molecule has 0 bridgehead atoms. The molecule has 1 fully saturated rings. The molecule has 0 aromatic heterocycles. The number of hydrogen-bond donors (Lipinski definition) is 1. The lowest BCUT2D eigenvalue weighted by Gasteiger charge is -2.30. The van der Waals surface area contributed by atoms with E-state index in [0.717, 1.165) is 18.7 Å². The molecule has 1 aliphatic heterocycles. The fourth-order valence-corrected chi connectivity index (χ4v) is 3.19. The van der Waals surface area contributed by atoms with E-state index in [1.807, 2.05) is 0 Å². The maximum absolute atomic E-state index is 13.0. The zero-order valence-electron chi connectivity index (χ0n) is 12.1. The Labute approximate surface area is 115 Å². The molecule has 0 aliphatic carbocycles. The molecule has 1 aromatic carbocycles. The molecule has 19 heavy (non-hydrogen) atoms. The van der Waals surface area contributed by atoms with Crippen LogP contribution in [0.3, 0.4) is 0 Å². The number of likely N-dealkylation sites (tertiary alicyclic amines) is 1. The third-order valence-corrected chi connectivity index (χ3v) is 4.96. The summed E-state index contributed by atoms with van der Waals surface area (Å²) in [5.41, 5.74) is 1.24. The van der Waals surface area contributed by atoms with Gasteiger partial charge in [-0.2, -0.15) is 0 Å². The van der Waals surface area contributed by atoms with Gasteiger partial charge >= 0.3 is 0 Å². The van der Waals surface area contributed by atoms with E-state index >= 15 is 0 Å². The first-order chi connectivity index (χ1) is 9.01. The van der Waals surface area contributed by atoms with Crippen LogP contribution in [0, 0.1) is 11.2 Å². The van der Waals surface area contributed by atoms with Crippen LogP contribution in [0.4, 0.5) is 4.39 Å². The highest BCUT2D eigenvalue weighted by Crippen LogP contribution is 2.41. The zero-order valence-corrected chi connectivity index (χ0v) is 12.1. The minimum atomic E-state index is -0.383. The molecule has 106 valence electrons. The SMILES string of the molecule is CCC1(CC)CCN(C(C)c2ccc(F)cc2O)C1. The monoisotopic (exact) mass is 265 g/mol. The predicted octanol–water partition coefficient (Wildman–Crippen LogP) is 4.10. The summed E-state index contributed by atoms with van der Waals surface area (Å²) < 4.78 is 13.0. The molecule has 2 nitrogen and oxygen atoms in total. The van der Waals surface area contributed by atoms with Gasteiger partial charge in [-0.3, -0.25) is 4.90 Å². The molecule has 1 atom stereocenters. The van der Waals surface area contributed by atoms with Gasteiger partial charge in [0.25, 0.3) is 0 Å². The number of benzene rings is 1. The van der Waals surface area contributed by atoms with Gasteiger partial charge < -0.3 is 5.11 Å². The Balaban J connectivity index is 2.15. The lowest BCUT2D eigenvalue weighted by atomic mass is 9.82. The summed E-state index contributed by atoms with van der Waals surface area (Å²) in [5, 5.41) is 9.90. The van der Waals surface area contributed by atoms with Crippen molar-refractivity contribution >= 4 is 0 Å². The van der Waals surface area contributed by atoms with E-state index in [4.69, 9.17) is 0 Å². The first kappa shape index (κ1) is 14.3. The van der Waals surface area contributed by atoms with Crippen molar-refractivity contribution in [1.82, 2.24) is 4.90 Å². The second kappa shape index (κ2) is 5.49. The van der Waals surface area contributed by atoms with Gasteiger partial charge in [0.15, 0.2) is 0 Å². The van der Waals surface area contributed by atoms with E-state index in [0.29, 0.717) is 5.41 Å². The molecule has 2 rings (SSSR count). The highest BCUT2D eigenvalue weighted by molar-refractivity contribution is 5.35. The first-order valence-corrected chi connectivity index (χ1v) is 7.24. The van der Waals surface area contributed by atoms with E-state index < -0.39 is 0 Å². The summed E-state index contributed by atoms with van der Waals surface area (Å²) in [4.78, 5) is 2.40. The van der Waals surface area contributed by atoms with Crippen molar-refractivity contribution in [2.45, 2.75) is 46.1 Å². The number of phenolic OH excluding ortho intramolecular Hbond substituents is 1. The van der Waals surface area contributed by atoms with Gasteiger partial charge in [-0.15, -0.1) is 0 Å². The van der Waals surface area contributed by atoms with Gasteiger partial charge in [0.1, 0.15) is 11.6 Å². The summed E-state index contributed by atoms with van der Waals surface area (Å²) in [7, 11) is 0. The van der Waals surface area contributed by atoms with Crippen molar-refractivity contribution in [3.63, 3.8) is 0 Å². The maximum Gasteiger partial charge on any atom is 0.126 e. The van der Waals surface area contributed by atoms with Crippen LogP contribution < -0.4 is 0 Å². The van der Waals surface area contributed by atoms with Gasteiger partial charge in [-0.1, -0.05) is 19.9 Å². The molecule has 3 heteroatoms. The van der Waals surface area contributed by atoms with Gasteiger partial charge in [-0.25, -0.2) is 4.39 Å². The van der Waals surface area contributed by atoms with Crippen LogP contribution in [0.5, 0.6) is 5.75 Å². The summed E-state index contributed by atoms with van der Waals surface area (Å²) in [6.07, 6.45) is 3.61. The highest BCUT2D eigenvalue weighted by Gasteiger charge is 2.37. The number of halogens is 1. The lowest BCUT2D eigenvalue weighted by molar-refractivity contribution is 0.201. The Morgan fingerprint density at radius 1 is 1.37 bits per heavy atom. The van der Waals surface area contributed by atoms with Crippen LogP contribution in [-0.4, -0.2) is 23.1 Å². The molecular formula is C16H24FNO. The van der Waals surface area contributed by atoms with Gasteiger partial charge in [-0.05, 0) is 44.2 Å². The number of hydrogen-bond acceptors (Lipinski definition) is 2. The summed E-state index contributed by atoms with van der Waals surface area (Å²) in [6, 6.07) is 4.47. The minimum Gasteiger partial charge on any atom is -0.508 e.